The molecule has 2 unspecified atom stereocenters. The predicted molar refractivity (Wildman–Crippen MR) is 150 cm³/mol. The molecule has 0 aromatic heterocycles. The molecule has 2 aromatic carbocycles. The molecule has 0 spiro atoms. The number of carbonyl (C=O) groups is 3. The number of amides is 3. The molecule has 0 radical (unpaired) electrons. The summed E-state index contributed by atoms with van der Waals surface area (Å²) in [7, 11) is 0. The van der Waals surface area contributed by atoms with Crippen LogP contribution < -0.4 is 20.4 Å². The van der Waals surface area contributed by atoms with Crippen LogP contribution in [0.3, 0.4) is 0 Å². The third-order valence-electron chi connectivity index (χ3n) is 7.86. The summed E-state index contributed by atoms with van der Waals surface area (Å²) in [5, 5.41) is 5.19. The first-order valence-electron chi connectivity index (χ1n) is 13.7. The lowest BCUT2D eigenvalue weighted by molar-refractivity contribution is -0.134. The molecule has 2 fully saturated rings. The van der Waals surface area contributed by atoms with Crippen molar-refractivity contribution in [1.82, 2.24) is 10.2 Å². The number of hydrogen-bond acceptors (Lipinski definition) is 6. The minimum absolute atomic E-state index is 0.0333. The van der Waals surface area contributed by atoms with Gasteiger partial charge in [-0.25, -0.2) is 8.78 Å². The Morgan fingerprint density at radius 1 is 1.15 bits per heavy atom. The average Bonchev–Trinajstić information content (AvgIpc) is 3.14. The molecular formula is C30H35F2N5O3. The van der Waals surface area contributed by atoms with Gasteiger partial charge >= 0.3 is 0 Å². The van der Waals surface area contributed by atoms with Gasteiger partial charge in [0.05, 0.1) is 30.4 Å². The van der Waals surface area contributed by atoms with Crippen molar-refractivity contribution in [2.24, 2.45) is 0 Å². The molecule has 2 atom stereocenters. The number of anilines is 3. The van der Waals surface area contributed by atoms with E-state index in [1.807, 2.05) is 48.8 Å². The van der Waals surface area contributed by atoms with Gasteiger partial charge in [-0.15, -0.1) is 0 Å². The Kier molecular flexibility index (Phi) is 7.39. The molecule has 2 saturated heterocycles. The van der Waals surface area contributed by atoms with E-state index in [4.69, 9.17) is 0 Å². The zero-order valence-electron chi connectivity index (χ0n) is 23.0. The van der Waals surface area contributed by atoms with Gasteiger partial charge in [0.25, 0.3) is 5.92 Å². The fourth-order valence-electron chi connectivity index (χ4n) is 6.08. The Labute approximate surface area is 233 Å². The molecule has 3 heterocycles. The maximum atomic E-state index is 15.6. The third-order valence-corrected chi connectivity index (χ3v) is 7.86. The first kappa shape index (κ1) is 27.8. The van der Waals surface area contributed by atoms with E-state index in [2.05, 4.69) is 17.2 Å². The molecule has 0 bridgehead atoms. The number of alkyl halides is 2. The van der Waals surface area contributed by atoms with Crippen LogP contribution in [0.25, 0.3) is 0 Å². The van der Waals surface area contributed by atoms with Crippen LogP contribution in [-0.4, -0.2) is 60.3 Å². The number of aryl methyl sites for hydroxylation is 1. The fraction of sp³-hybridized carbons (Fsp3) is 0.433. The lowest BCUT2D eigenvalue weighted by atomic mass is 9.85. The lowest BCUT2D eigenvalue weighted by Gasteiger charge is -2.38. The quantitative estimate of drug-likeness (QED) is 0.519. The van der Waals surface area contributed by atoms with E-state index in [-0.39, 0.29) is 43.1 Å². The zero-order chi connectivity index (χ0) is 28.8. The Hall–Kier alpha value is -3.79. The van der Waals surface area contributed by atoms with Crippen LogP contribution in [0, 0.1) is 6.92 Å². The van der Waals surface area contributed by atoms with E-state index in [1.165, 1.54) is 4.90 Å². The molecule has 0 aliphatic carbocycles. The number of halogens is 2. The van der Waals surface area contributed by atoms with Crippen molar-refractivity contribution >= 4 is 34.8 Å². The van der Waals surface area contributed by atoms with Gasteiger partial charge in [-0.3, -0.25) is 24.6 Å². The predicted octanol–water partition coefficient (Wildman–Crippen LogP) is 4.37. The van der Waals surface area contributed by atoms with Gasteiger partial charge in [0, 0.05) is 18.2 Å². The van der Waals surface area contributed by atoms with E-state index in [9.17, 15) is 14.4 Å². The second-order valence-corrected chi connectivity index (χ2v) is 11.2. The van der Waals surface area contributed by atoms with E-state index >= 15 is 8.78 Å². The number of nitrogens with zero attached hydrogens (tertiary/aromatic N) is 3. The standard InChI is InChI=1S/C30H35F2N5O3/c1-18(2)36-20(4)37(25-10-11-27(38)34-29(25)40)24-9-8-21(15-26(24)36)23-12-13-35(17-30(23,31)32)16-28(39)33-22-7-5-6-19(3)14-22/h5-9,14-15,18,23,25H,4,10-13,16-17H2,1-3H3,(H,33,39)(H,34,38,40). The summed E-state index contributed by atoms with van der Waals surface area (Å²) in [5.41, 5.74) is 3.59. The number of piperidine rings is 2. The Morgan fingerprint density at radius 3 is 2.60 bits per heavy atom. The smallest absolute Gasteiger partial charge is 0.267 e. The van der Waals surface area contributed by atoms with Crippen molar-refractivity contribution in [3.8, 4) is 0 Å². The molecule has 0 saturated carbocycles. The summed E-state index contributed by atoms with van der Waals surface area (Å²) in [5.74, 6) is -4.49. The van der Waals surface area contributed by atoms with Crippen LogP contribution in [0.15, 0.2) is 54.9 Å². The van der Waals surface area contributed by atoms with Gasteiger partial charge in [0.15, 0.2) is 0 Å². The van der Waals surface area contributed by atoms with Gasteiger partial charge < -0.3 is 15.1 Å². The number of benzene rings is 2. The second kappa shape index (κ2) is 10.6. The van der Waals surface area contributed by atoms with Gasteiger partial charge in [-0.1, -0.05) is 24.8 Å². The molecule has 212 valence electrons. The number of fused-ring (bicyclic) bond motifs is 1. The summed E-state index contributed by atoms with van der Waals surface area (Å²) in [6.45, 7) is 9.83. The highest BCUT2D eigenvalue weighted by atomic mass is 19.3. The van der Waals surface area contributed by atoms with Crippen LogP contribution in [0.2, 0.25) is 0 Å². The highest BCUT2D eigenvalue weighted by Crippen LogP contribution is 2.48. The number of likely N-dealkylation sites (tertiary alicyclic amines) is 1. The van der Waals surface area contributed by atoms with Crippen molar-refractivity contribution < 1.29 is 23.2 Å². The topological polar surface area (TPSA) is 85.0 Å². The maximum Gasteiger partial charge on any atom is 0.267 e. The monoisotopic (exact) mass is 551 g/mol. The SMILES string of the molecule is C=C1N(C(C)C)c2cc(C3CCN(CC(=O)Nc4cccc(C)c4)CC3(F)F)ccc2N1C1CCC(=O)NC1=O. The molecule has 3 aliphatic rings. The van der Waals surface area contributed by atoms with Crippen molar-refractivity contribution in [1.29, 1.82) is 0 Å². The zero-order valence-corrected chi connectivity index (χ0v) is 23.0. The van der Waals surface area contributed by atoms with Crippen molar-refractivity contribution in [2.45, 2.75) is 64.0 Å². The molecule has 10 heteroatoms. The Bertz CT molecular complexity index is 1360. The van der Waals surface area contributed by atoms with Crippen molar-refractivity contribution in [3.05, 3.63) is 66.0 Å². The van der Waals surface area contributed by atoms with Crippen molar-refractivity contribution in [3.63, 3.8) is 0 Å². The third kappa shape index (κ3) is 5.32. The Balaban J connectivity index is 1.33. The number of hydrogen-bond donors (Lipinski definition) is 2. The normalized spacial score (nSPS) is 22.9. The van der Waals surface area contributed by atoms with Crippen LogP contribution in [0.4, 0.5) is 25.8 Å². The highest BCUT2D eigenvalue weighted by molar-refractivity contribution is 6.03. The average molecular weight is 552 g/mol. The van der Waals surface area contributed by atoms with E-state index < -0.39 is 24.4 Å². The van der Waals surface area contributed by atoms with E-state index in [1.54, 1.807) is 24.3 Å². The molecule has 3 amide bonds. The molecular weight excluding hydrogens is 516 g/mol. The number of imide groups is 1. The highest BCUT2D eigenvalue weighted by Gasteiger charge is 2.47. The molecule has 40 heavy (non-hydrogen) atoms. The number of nitrogens with one attached hydrogen (secondary N) is 2. The van der Waals surface area contributed by atoms with Gasteiger partial charge in [0.2, 0.25) is 17.7 Å². The summed E-state index contributed by atoms with van der Waals surface area (Å²) in [4.78, 5) is 42.2. The maximum absolute atomic E-state index is 15.6. The van der Waals surface area contributed by atoms with Crippen LogP contribution in [0.5, 0.6) is 0 Å². The molecule has 2 N–H and O–H groups in total. The minimum atomic E-state index is -3.04. The second-order valence-electron chi connectivity index (χ2n) is 11.2. The van der Waals surface area contributed by atoms with Gasteiger partial charge in [-0.2, -0.15) is 0 Å². The fourth-order valence-corrected chi connectivity index (χ4v) is 6.08. The van der Waals surface area contributed by atoms with Crippen LogP contribution in [0.1, 0.15) is 50.2 Å². The van der Waals surface area contributed by atoms with E-state index in [0.29, 0.717) is 35.7 Å². The summed E-state index contributed by atoms with van der Waals surface area (Å²) >= 11 is 0. The van der Waals surface area contributed by atoms with Gasteiger partial charge in [0.1, 0.15) is 11.9 Å². The first-order chi connectivity index (χ1) is 18.9. The molecule has 3 aliphatic heterocycles. The minimum Gasteiger partial charge on any atom is -0.325 e. The molecule has 8 nitrogen and oxygen atoms in total. The van der Waals surface area contributed by atoms with Gasteiger partial charge in [-0.05, 0) is 75.5 Å². The summed E-state index contributed by atoms with van der Waals surface area (Å²) in [6.07, 6.45) is 0.775. The van der Waals surface area contributed by atoms with E-state index in [0.717, 1.165) is 11.3 Å². The number of rotatable bonds is 6. The van der Waals surface area contributed by atoms with Crippen LogP contribution in [-0.2, 0) is 14.4 Å². The first-order valence-corrected chi connectivity index (χ1v) is 13.7. The van der Waals surface area contributed by atoms with Crippen LogP contribution >= 0.6 is 0 Å². The van der Waals surface area contributed by atoms with Crippen molar-refractivity contribution in [2.75, 3.05) is 34.8 Å². The summed E-state index contributed by atoms with van der Waals surface area (Å²) in [6, 6.07) is 12.0. The number of carbonyl (C=O) groups excluding carboxylic acids is 3. The lowest BCUT2D eigenvalue weighted by Crippen LogP contribution is -2.52. The molecule has 2 aromatic rings. The Morgan fingerprint density at radius 2 is 1.93 bits per heavy atom. The largest absolute Gasteiger partial charge is 0.325 e. The summed E-state index contributed by atoms with van der Waals surface area (Å²) < 4.78 is 31.1. The molecule has 5 rings (SSSR count).